The summed E-state index contributed by atoms with van der Waals surface area (Å²) in [6.45, 7) is 3.32. The molecule has 0 radical (unpaired) electrons. The summed E-state index contributed by atoms with van der Waals surface area (Å²) in [5.41, 5.74) is 6.50. The summed E-state index contributed by atoms with van der Waals surface area (Å²) in [5, 5.41) is 0. The molecule has 114 valence electrons. The Hall–Kier alpha value is -1.35. The Morgan fingerprint density at radius 3 is 3.05 bits per heavy atom. The zero-order chi connectivity index (χ0) is 15.2. The van der Waals surface area contributed by atoms with Crippen LogP contribution in [0.15, 0.2) is 40.9 Å². The molecule has 2 nitrogen and oxygen atoms in total. The number of nitrogens with zero attached hydrogens (tertiary/aromatic N) is 2. The van der Waals surface area contributed by atoms with E-state index in [2.05, 4.69) is 56.8 Å². The van der Waals surface area contributed by atoms with Crippen LogP contribution in [0.1, 0.15) is 49.3 Å². The smallest absolute Gasteiger partial charge is 0.0948 e. The predicted octanol–water partition coefficient (Wildman–Crippen LogP) is 5.12. The molecular weight excluding hydrogens is 336 g/mol. The Kier molecular flexibility index (Phi) is 3.48. The van der Waals surface area contributed by atoms with E-state index in [1.807, 2.05) is 12.5 Å². The van der Waals surface area contributed by atoms with Gasteiger partial charge in [-0.05, 0) is 65.8 Å². The molecule has 2 aromatic rings. The quantitative estimate of drug-likeness (QED) is 0.746. The summed E-state index contributed by atoms with van der Waals surface area (Å²) in [7, 11) is 0. The molecule has 0 aliphatic heterocycles. The third kappa shape index (κ3) is 2.18. The van der Waals surface area contributed by atoms with Crippen molar-refractivity contribution in [1.29, 1.82) is 0 Å². The Bertz CT molecular complexity index is 730. The molecule has 2 aliphatic rings. The minimum atomic E-state index is 0.345. The minimum Gasteiger partial charge on any atom is -0.333 e. The molecule has 22 heavy (non-hydrogen) atoms. The summed E-state index contributed by atoms with van der Waals surface area (Å²) in [4.78, 5) is 4.18. The molecule has 0 N–H and O–H groups in total. The van der Waals surface area contributed by atoms with Crippen LogP contribution in [0.25, 0.3) is 6.08 Å². The van der Waals surface area contributed by atoms with E-state index in [9.17, 15) is 0 Å². The topological polar surface area (TPSA) is 17.8 Å². The predicted molar refractivity (Wildman–Crippen MR) is 93.9 cm³/mol. The Balaban J connectivity index is 1.85. The second kappa shape index (κ2) is 5.38. The first-order valence-electron chi connectivity index (χ1n) is 8.19. The highest BCUT2D eigenvalue weighted by Crippen LogP contribution is 2.51. The third-order valence-electron chi connectivity index (χ3n) is 5.45. The van der Waals surface area contributed by atoms with Crippen LogP contribution in [-0.2, 0) is 18.4 Å². The lowest BCUT2D eigenvalue weighted by Gasteiger charge is -2.43. The Morgan fingerprint density at radius 2 is 2.27 bits per heavy atom. The highest BCUT2D eigenvalue weighted by atomic mass is 79.9. The second-order valence-corrected chi connectivity index (χ2v) is 7.55. The minimum absolute atomic E-state index is 0.345. The maximum absolute atomic E-state index is 4.18. The van der Waals surface area contributed by atoms with Gasteiger partial charge in [-0.1, -0.05) is 35.0 Å². The van der Waals surface area contributed by atoms with Crippen molar-refractivity contribution in [2.75, 3.05) is 0 Å². The van der Waals surface area contributed by atoms with E-state index in [1.54, 1.807) is 11.1 Å². The average molecular weight is 357 g/mol. The van der Waals surface area contributed by atoms with E-state index in [1.165, 1.54) is 47.7 Å². The van der Waals surface area contributed by atoms with Gasteiger partial charge in [0.05, 0.1) is 6.33 Å². The maximum Gasteiger partial charge on any atom is 0.0948 e. The fourth-order valence-corrected chi connectivity index (χ4v) is 4.86. The van der Waals surface area contributed by atoms with Crippen molar-refractivity contribution >= 4 is 22.0 Å². The number of rotatable bonds is 3. The van der Waals surface area contributed by atoms with Gasteiger partial charge in [-0.15, -0.1) is 0 Å². The van der Waals surface area contributed by atoms with Gasteiger partial charge in [0.1, 0.15) is 0 Å². The molecule has 3 heteroatoms. The molecular formula is C19H21BrN2. The van der Waals surface area contributed by atoms with Gasteiger partial charge in [0.15, 0.2) is 0 Å². The molecule has 0 fully saturated rings. The molecule has 0 saturated carbocycles. The monoisotopic (exact) mass is 356 g/mol. The number of hydrogen-bond acceptors (Lipinski definition) is 1. The van der Waals surface area contributed by atoms with Gasteiger partial charge in [0.2, 0.25) is 0 Å². The first-order valence-corrected chi connectivity index (χ1v) is 8.98. The van der Waals surface area contributed by atoms with Gasteiger partial charge in [-0.25, -0.2) is 4.98 Å². The van der Waals surface area contributed by atoms with Gasteiger partial charge < -0.3 is 4.57 Å². The second-order valence-electron chi connectivity index (χ2n) is 6.70. The van der Waals surface area contributed by atoms with Crippen molar-refractivity contribution in [1.82, 2.24) is 9.55 Å². The first kappa shape index (κ1) is 14.3. The number of imidazole rings is 1. The Morgan fingerprint density at radius 1 is 1.36 bits per heavy atom. The van der Waals surface area contributed by atoms with Gasteiger partial charge in [0, 0.05) is 23.4 Å². The van der Waals surface area contributed by atoms with E-state index in [0.29, 0.717) is 5.41 Å². The first-order chi connectivity index (χ1) is 10.7. The number of allylic oxidation sites excluding steroid dienone is 1. The highest BCUT2D eigenvalue weighted by Gasteiger charge is 2.40. The largest absolute Gasteiger partial charge is 0.333 e. The van der Waals surface area contributed by atoms with Crippen LogP contribution in [-0.4, -0.2) is 9.55 Å². The van der Waals surface area contributed by atoms with Crippen molar-refractivity contribution in [3.8, 4) is 0 Å². The van der Waals surface area contributed by atoms with E-state index >= 15 is 0 Å². The third-order valence-corrected chi connectivity index (χ3v) is 6.14. The van der Waals surface area contributed by atoms with Crippen molar-refractivity contribution in [3.05, 3.63) is 57.6 Å². The van der Waals surface area contributed by atoms with E-state index in [0.717, 1.165) is 6.54 Å². The van der Waals surface area contributed by atoms with Crippen LogP contribution in [0.3, 0.4) is 0 Å². The summed E-state index contributed by atoms with van der Waals surface area (Å²) < 4.78 is 3.43. The zero-order valence-corrected chi connectivity index (χ0v) is 14.6. The molecule has 0 spiro atoms. The summed E-state index contributed by atoms with van der Waals surface area (Å²) >= 11 is 3.79. The molecule has 0 saturated heterocycles. The van der Waals surface area contributed by atoms with Crippen molar-refractivity contribution in [2.45, 2.75) is 51.0 Å². The van der Waals surface area contributed by atoms with Crippen molar-refractivity contribution in [2.24, 2.45) is 0 Å². The van der Waals surface area contributed by atoms with Crippen LogP contribution in [0, 0.1) is 0 Å². The van der Waals surface area contributed by atoms with Gasteiger partial charge >= 0.3 is 0 Å². The van der Waals surface area contributed by atoms with E-state index in [-0.39, 0.29) is 0 Å². The van der Waals surface area contributed by atoms with Crippen LogP contribution in [0.2, 0.25) is 0 Å². The molecule has 1 atom stereocenters. The Labute approximate surface area is 140 Å². The highest BCUT2D eigenvalue weighted by molar-refractivity contribution is 9.10. The molecule has 0 amide bonds. The molecule has 1 unspecified atom stereocenters. The molecule has 1 aromatic carbocycles. The number of halogens is 1. The van der Waals surface area contributed by atoms with E-state index in [4.69, 9.17) is 0 Å². The van der Waals surface area contributed by atoms with Crippen LogP contribution in [0.4, 0.5) is 0 Å². The van der Waals surface area contributed by atoms with Gasteiger partial charge in [-0.3, -0.25) is 0 Å². The fourth-order valence-electron chi connectivity index (χ4n) is 4.42. The van der Waals surface area contributed by atoms with Gasteiger partial charge in [0.25, 0.3) is 0 Å². The van der Waals surface area contributed by atoms with Crippen molar-refractivity contribution < 1.29 is 0 Å². The zero-order valence-electron chi connectivity index (χ0n) is 13.0. The van der Waals surface area contributed by atoms with Crippen LogP contribution >= 0.6 is 15.9 Å². The molecule has 4 rings (SSSR count). The number of benzene rings is 1. The molecule has 1 aromatic heterocycles. The summed E-state index contributed by atoms with van der Waals surface area (Å²) in [6, 6.07) is 4.57. The molecule has 1 heterocycles. The normalized spacial score (nSPS) is 23.1. The van der Waals surface area contributed by atoms with Crippen LogP contribution in [0.5, 0.6) is 0 Å². The summed E-state index contributed by atoms with van der Waals surface area (Å²) in [5.74, 6) is 0. The lowest BCUT2D eigenvalue weighted by molar-refractivity contribution is 0.335. The standard InChI is InChI=1S/C19H21BrN2/c1-2-19-7-3-4-15-5-6-17(20)16(18(15)19)10-14(11-19)12-22-9-8-21-13-22/h5-6,8-10,13H,2-4,7,11-12H2,1H3. The van der Waals surface area contributed by atoms with Crippen molar-refractivity contribution in [3.63, 3.8) is 0 Å². The fraction of sp³-hybridized carbons (Fsp3) is 0.421. The lowest BCUT2D eigenvalue weighted by Crippen LogP contribution is -2.34. The number of aromatic nitrogens is 2. The number of aryl methyl sites for hydroxylation is 1. The van der Waals surface area contributed by atoms with Gasteiger partial charge in [-0.2, -0.15) is 0 Å². The maximum atomic E-state index is 4.18. The lowest BCUT2D eigenvalue weighted by atomic mass is 9.61. The number of hydrogen-bond donors (Lipinski definition) is 0. The molecule has 0 bridgehead atoms. The average Bonchev–Trinajstić information content (AvgIpc) is 3.03. The van der Waals surface area contributed by atoms with E-state index < -0.39 is 0 Å². The van der Waals surface area contributed by atoms with Crippen LogP contribution < -0.4 is 0 Å². The summed E-state index contributed by atoms with van der Waals surface area (Å²) in [6.07, 6.45) is 14.6. The molecule has 2 aliphatic carbocycles. The SMILES string of the molecule is CCC12CCCc3ccc(Br)c(c31)C=C(Cn1ccnc1)C2.